The number of sulfonamides is 1. The third-order valence-corrected chi connectivity index (χ3v) is 7.14. The fraction of sp³-hybridized carbons (Fsp3) is 0.500. The maximum Gasteiger partial charge on any atom is 0.242 e. The Balaban J connectivity index is 1.69. The van der Waals surface area contributed by atoms with Crippen molar-refractivity contribution < 1.29 is 13.2 Å². The van der Waals surface area contributed by atoms with Gasteiger partial charge in [0.2, 0.25) is 10.0 Å². The van der Waals surface area contributed by atoms with Gasteiger partial charge < -0.3 is 10.1 Å². The van der Waals surface area contributed by atoms with Crippen LogP contribution in [-0.2, 0) is 20.2 Å². The summed E-state index contributed by atoms with van der Waals surface area (Å²) in [5.41, 5.74) is 1.28. The summed E-state index contributed by atoms with van der Waals surface area (Å²) >= 11 is 0. The van der Waals surface area contributed by atoms with Crippen LogP contribution in [-0.4, -0.2) is 39.2 Å². The quantitative estimate of drug-likeness (QED) is 0.650. The average Bonchev–Trinajstić information content (AvgIpc) is 2.74. The number of hydrogen-bond donors (Lipinski definition) is 2. The lowest BCUT2D eigenvalue weighted by atomic mass is 9.74. The van der Waals surface area contributed by atoms with Gasteiger partial charge in [0.05, 0.1) is 0 Å². The first-order valence-corrected chi connectivity index (χ1v) is 11.8. The smallest absolute Gasteiger partial charge is 0.242 e. The van der Waals surface area contributed by atoms with Crippen molar-refractivity contribution >= 4 is 15.8 Å². The Morgan fingerprint density at radius 1 is 1.14 bits per heavy atom. The van der Waals surface area contributed by atoms with E-state index in [-0.39, 0.29) is 16.4 Å². The largest absolute Gasteiger partial charge is 0.381 e. The van der Waals surface area contributed by atoms with Crippen LogP contribution in [0.2, 0.25) is 0 Å². The molecule has 158 valence electrons. The fourth-order valence-electron chi connectivity index (χ4n) is 3.85. The van der Waals surface area contributed by atoms with Gasteiger partial charge in [0.15, 0.2) is 0 Å². The molecule has 1 unspecified atom stereocenters. The summed E-state index contributed by atoms with van der Waals surface area (Å²) in [5, 5.41) is 3.41. The SMILES string of the molecule is CCCC(C)NS(=O)(=O)c1ccc(NCC2(c3ccccc3)CCOCC2)nc1. The van der Waals surface area contributed by atoms with Crippen molar-refractivity contribution in [2.45, 2.75) is 55.9 Å². The number of nitrogens with zero attached hydrogens (tertiary/aromatic N) is 1. The second kappa shape index (κ2) is 9.69. The molecular formula is C22H31N3O3S. The predicted octanol–water partition coefficient (Wildman–Crippen LogP) is 3.71. The minimum Gasteiger partial charge on any atom is -0.381 e. The first-order chi connectivity index (χ1) is 14.0. The lowest BCUT2D eigenvalue weighted by Crippen LogP contribution is -2.40. The fourth-order valence-corrected chi connectivity index (χ4v) is 5.07. The van der Waals surface area contributed by atoms with Gasteiger partial charge in [-0.1, -0.05) is 43.7 Å². The zero-order valence-electron chi connectivity index (χ0n) is 17.2. The van der Waals surface area contributed by atoms with E-state index >= 15 is 0 Å². The standard InChI is InChI=1S/C22H31N3O3S/c1-3-7-18(2)25-29(26,27)20-10-11-21(23-16-20)24-17-22(12-14-28-15-13-22)19-8-5-4-6-9-19/h4-6,8-11,16,18,25H,3,7,12-15,17H2,1-2H3,(H,23,24). The number of benzene rings is 1. The molecule has 1 aliphatic rings. The van der Waals surface area contributed by atoms with Crippen LogP contribution < -0.4 is 10.0 Å². The van der Waals surface area contributed by atoms with E-state index in [1.165, 1.54) is 11.8 Å². The molecule has 7 heteroatoms. The highest BCUT2D eigenvalue weighted by atomic mass is 32.2. The van der Waals surface area contributed by atoms with Crippen molar-refractivity contribution in [3.63, 3.8) is 0 Å². The maximum absolute atomic E-state index is 12.5. The zero-order chi connectivity index (χ0) is 20.7. The number of pyridine rings is 1. The van der Waals surface area contributed by atoms with Crippen LogP contribution >= 0.6 is 0 Å². The summed E-state index contributed by atoms with van der Waals surface area (Å²) in [4.78, 5) is 4.54. The highest BCUT2D eigenvalue weighted by molar-refractivity contribution is 7.89. The van der Waals surface area contributed by atoms with Crippen molar-refractivity contribution in [3.05, 3.63) is 54.2 Å². The van der Waals surface area contributed by atoms with E-state index in [2.05, 4.69) is 39.3 Å². The third kappa shape index (κ3) is 5.56. The van der Waals surface area contributed by atoms with Gasteiger partial charge in [0, 0.05) is 37.4 Å². The second-order valence-corrected chi connectivity index (χ2v) is 9.52. The molecule has 2 aromatic rings. The highest BCUT2D eigenvalue weighted by Crippen LogP contribution is 2.35. The van der Waals surface area contributed by atoms with Crippen molar-refractivity contribution in [3.8, 4) is 0 Å². The van der Waals surface area contributed by atoms with Gasteiger partial charge in [0.25, 0.3) is 0 Å². The third-order valence-electron chi connectivity index (χ3n) is 5.57. The Kier molecular flexibility index (Phi) is 7.27. The molecule has 3 rings (SSSR count). The first-order valence-electron chi connectivity index (χ1n) is 10.3. The molecule has 6 nitrogen and oxygen atoms in total. The van der Waals surface area contributed by atoms with Gasteiger partial charge in [-0.3, -0.25) is 0 Å². The molecule has 1 aromatic carbocycles. The summed E-state index contributed by atoms with van der Waals surface area (Å²) in [6, 6.07) is 13.7. The van der Waals surface area contributed by atoms with Crippen LogP contribution in [0.15, 0.2) is 53.6 Å². The maximum atomic E-state index is 12.5. The van der Waals surface area contributed by atoms with Gasteiger partial charge in [-0.05, 0) is 43.9 Å². The summed E-state index contributed by atoms with van der Waals surface area (Å²) < 4.78 is 33.3. The van der Waals surface area contributed by atoms with Crippen LogP contribution in [0, 0.1) is 0 Å². The van der Waals surface area contributed by atoms with Gasteiger partial charge >= 0.3 is 0 Å². The first kappa shape index (κ1) is 21.7. The zero-order valence-corrected chi connectivity index (χ0v) is 18.0. The van der Waals surface area contributed by atoms with Crippen molar-refractivity contribution in [2.24, 2.45) is 0 Å². The van der Waals surface area contributed by atoms with E-state index in [0.717, 1.165) is 45.4 Å². The van der Waals surface area contributed by atoms with Gasteiger partial charge in [-0.15, -0.1) is 0 Å². The molecular weight excluding hydrogens is 386 g/mol. The van der Waals surface area contributed by atoms with E-state index < -0.39 is 10.0 Å². The molecule has 0 amide bonds. The van der Waals surface area contributed by atoms with Crippen LogP contribution in [0.1, 0.15) is 45.1 Å². The molecule has 2 N–H and O–H groups in total. The average molecular weight is 418 g/mol. The predicted molar refractivity (Wildman–Crippen MR) is 116 cm³/mol. The molecule has 0 saturated carbocycles. The van der Waals surface area contributed by atoms with Crippen LogP contribution in [0.5, 0.6) is 0 Å². The molecule has 29 heavy (non-hydrogen) atoms. The van der Waals surface area contributed by atoms with E-state index in [9.17, 15) is 8.42 Å². The molecule has 0 spiro atoms. The monoisotopic (exact) mass is 417 g/mol. The minimum absolute atomic E-state index is 0.0108. The molecule has 1 saturated heterocycles. The van der Waals surface area contributed by atoms with Gasteiger partial charge in [0.1, 0.15) is 10.7 Å². The molecule has 1 aromatic heterocycles. The Morgan fingerprint density at radius 2 is 1.86 bits per heavy atom. The summed E-state index contributed by atoms with van der Waals surface area (Å²) in [5.74, 6) is 0.673. The van der Waals surface area contributed by atoms with E-state index in [1.54, 1.807) is 12.1 Å². The van der Waals surface area contributed by atoms with Crippen LogP contribution in [0.25, 0.3) is 0 Å². The Morgan fingerprint density at radius 3 is 2.48 bits per heavy atom. The van der Waals surface area contributed by atoms with Crippen molar-refractivity contribution in [1.82, 2.24) is 9.71 Å². The molecule has 1 aliphatic heterocycles. The lowest BCUT2D eigenvalue weighted by molar-refractivity contribution is 0.0543. The van der Waals surface area contributed by atoms with Crippen LogP contribution in [0.3, 0.4) is 0 Å². The van der Waals surface area contributed by atoms with Gasteiger partial charge in [-0.2, -0.15) is 0 Å². The van der Waals surface area contributed by atoms with E-state index in [0.29, 0.717) is 5.82 Å². The highest BCUT2D eigenvalue weighted by Gasteiger charge is 2.34. The summed E-state index contributed by atoms with van der Waals surface area (Å²) in [6.07, 6.45) is 5.03. The number of rotatable bonds is 9. The van der Waals surface area contributed by atoms with Crippen LogP contribution in [0.4, 0.5) is 5.82 Å². The summed E-state index contributed by atoms with van der Waals surface area (Å²) in [6.45, 7) is 6.12. The number of ether oxygens (including phenoxy) is 1. The molecule has 1 atom stereocenters. The Labute approximate surface area is 174 Å². The molecule has 0 aliphatic carbocycles. The van der Waals surface area contributed by atoms with Crippen molar-refractivity contribution in [2.75, 3.05) is 25.1 Å². The second-order valence-electron chi connectivity index (χ2n) is 7.80. The number of nitrogens with one attached hydrogen (secondary N) is 2. The lowest BCUT2D eigenvalue weighted by Gasteiger charge is -2.38. The topological polar surface area (TPSA) is 80.3 Å². The molecule has 1 fully saturated rings. The molecule has 0 radical (unpaired) electrons. The Bertz CT molecular complexity index is 864. The Hall–Kier alpha value is -1.96. The van der Waals surface area contributed by atoms with Gasteiger partial charge in [-0.25, -0.2) is 18.1 Å². The van der Waals surface area contributed by atoms with Crippen molar-refractivity contribution in [1.29, 1.82) is 0 Å². The summed E-state index contributed by atoms with van der Waals surface area (Å²) in [7, 11) is -3.55. The van der Waals surface area contributed by atoms with E-state index in [4.69, 9.17) is 4.74 Å². The molecule has 2 heterocycles. The number of aromatic nitrogens is 1. The minimum atomic E-state index is -3.55. The molecule has 0 bridgehead atoms. The number of hydrogen-bond acceptors (Lipinski definition) is 5. The van der Waals surface area contributed by atoms with E-state index in [1.807, 2.05) is 19.9 Å². The number of anilines is 1. The normalized spacial score (nSPS) is 17.6.